The van der Waals surface area contributed by atoms with E-state index in [-0.39, 0.29) is 17.8 Å². The Morgan fingerprint density at radius 3 is 2.74 bits per heavy atom. The highest BCUT2D eigenvalue weighted by molar-refractivity contribution is 5.98. The van der Waals surface area contributed by atoms with Crippen molar-refractivity contribution < 1.29 is 19.2 Å². The number of carbonyl (C=O) groups excluding carboxylic acids is 1. The number of aliphatic hydroxyl groups excluding tert-OH is 1. The van der Waals surface area contributed by atoms with E-state index in [4.69, 9.17) is 0 Å². The van der Waals surface area contributed by atoms with E-state index in [2.05, 4.69) is 5.32 Å². The van der Waals surface area contributed by atoms with Gasteiger partial charge in [-0.3, -0.25) is 14.9 Å². The van der Waals surface area contributed by atoms with Crippen molar-refractivity contribution in [3.8, 4) is 0 Å². The smallest absolute Gasteiger partial charge is 0.282 e. The molecule has 7 heteroatoms. The summed E-state index contributed by atoms with van der Waals surface area (Å²) in [4.78, 5) is 22.5. The molecule has 2 aromatic carbocycles. The molecule has 0 aliphatic carbocycles. The molecule has 2 aromatic rings. The number of hydrogen-bond donors (Lipinski definition) is 2. The van der Waals surface area contributed by atoms with Crippen molar-refractivity contribution in [2.24, 2.45) is 0 Å². The van der Waals surface area contributed by atoms with Crippen LogP contribution in [0.4, 0.5) is 10.1 Å². The molecule has 0 radical (unpaired) electrons. The highest BCUT2D eigenvalue weighted by Crippen LogP contribution is 2.20. The molecular formula is C16H15FN2O4. The third-order valence-electron chi connectivity index (χ3n) is 3.28. The van der Waals surface area contributed by atoms with E-state index in [9.17, 15) is 24.4 Å². The summed E-state index contributed by atoms with van der Waals surface area (Å²) in [6.07, 6.45) is -1.11. The Morgan fingerprint density at radius 1 is 1.35 bits per heavy atom. The van der Waals surface area contributed by atoms with Crippen LogP contribution in [0.25, 0.3) is 0 Å². The Kier molecular flexibility index (Phi) is 5.02. The number of aryl methyl sites for hydroxylation is 1. The fraction of sp³-hybridized carbons (Fsp3) is 0.188. The molecule has 0 saturated heterocycles. The lowest BCUT2D eigenvalue weighted by Gasteiger charge is -2.12. The van der Waals surface area contributed by atoms with Crippen LogP contribution in [0.1, 0.15) is 27.6 Å². The summed E-state index contributed by atoms with van der Waals surface area (Å²) in [5, 5.41) is 23.4. The first-order valence-corrected chi connectivity index (χ1v) is 6.85. The van der Waals surface area contributed by atoms with Crippen LogP contribution in [0.5, 0.6) is 0 Å². The van der Waals surface area contributed by atoms with Crippen molar-refractivity contribution in [1.29, 1.82) is 0 Å². The summed E-state index contributed by atoms with van der Waals surface area (Å²) in [7, 11) is 0. The zero-order valence-electron chi connectivity index (χ0n) is 12.3. The molecule has 23 heavy (non-hydrogen) atoms. The average Bonchev–Trinajstić information content (AvgIpc) is 2.51. The van der Waals surface area contributed by atoms with Crippen molar-refractivity contribution in [1.82, 2.24) is 5.32 Å². The van der Waals surface area contributed by atoms with E-state index in [1.807, 2.05) is 0 Å². The topological polar surface area (TPSA) is 92.5 Å². The van der Waals surface area contributed by atoms with Crippen molar-refractivity contribution in [3.63, 3.8) is 0 Å². The Balaban J connectivity index is 2.11. The van der Waals surface area contributed by atoms with Crippen LogP contribution >= 0.6 is 0 Å². The lowest BCUT2D eigenvalue weighted by Crippen LogP contribution is -2.29. The number of benzene rings is 2. The number of rotatable bonds is 5. The minimum absolute atomic E-state index is 0.0820. The molecule has 1 unspecified atom stereocenters. The Morgan fingerprint density at radius 2 is 2.09 bits per heavy atom. The molecule has 1 atom stereocenters. The van der Waals surface area contributed by atoms with Crippen LogP contribution in [-0.2, 0) is 0 Å². The molecule has 0 heterocycles. The highest BCUT2D eigenvalue weighted by Gasteiger charge is 2.20. The van der Waals surface area contributed by atoms with Gasteiger partial charge in [-0.15, -0.1) is 0 Å². The van der Waals surface area contributed by atoms with Crippen LogP contribution in [0.3, 0.4) is 0 Å². The first kappa shape index (κ1) is 16.6. The van der Waals surface area contributed by atoms with E-state index in [1.54, 1.807) is 6.92 Å². The van der Waals surface area contributed by atoms with E-state index in [0.717, 1.165) is 6.07 Å². The fourth-order valence-electron chi connectivity index (χ4n) is 2.11. The number of carbonyl (C=O) groups is 1. The summed E-state index contributed by atoms with van der Waals surface area (Å²) in [6.45, 7) is 1.52. The highest BCUT2D eigenvalue weighted by atomic mass is 19.1. The van der Waals surface area contributed by atoms with E-state index in [1.165, 1.54) is 36.4 Å². The van der Waals surface area contributed by atoms with Crippen molar-refractivity contribution >= 4 is 11.6 Å². The number of nitro groups is 1. The SMILES string of the molecule is Cc1ccc([N+](=O)[O-])c(C(=O)NCC(O)c2cccc(F)c2)c1. The lowest BCUT2D eigenvalue weighted by molar-refractivity contribution is -0.385. The largest absolute Gasteiger partial charge is 0.387 e. The summed E-state index contributed by atoms with van der Waals surface area (Å²) in [5.41, 5.74) is 0.616. The molecule has 0 fully saturated rings. The molecular weight excluding hydrogens is 303 g/mol. The minimum Gasteiger partial charge on any atom is -0.387 e. The Labute approximate surface area is 131 Å². The van der Waals surface area contributed by atoms with Gasteiger partial charge in [-0.2, -0.15) is 0 Å². The van der Waals surface area contributed by atoms with Crippen molar-refractivity contribution in [3.05, 3.63) is 75.1 Å². The number of amides is 1. The summed E-state index contributed by atoms with van der Waals surface area (Å²) < 4.78 is 13.1. The third kappa shape index (κ3) is 4.10. The number of aliphatic hydroxyl groups is 1. The van der Waals surface area contributed by atoms with Crippen molar-refractivity contribution in [2.75, 3.05) is 6.54 Å². The minimum atomic E-state index is -1.11. The molecule has 6 nitrogen and oxygen atoms in total. The van der Waals surface area contributed by atoms with Gasteiger partial charge in [-0.25, -0.2) is 4.39 Å². The van der Waals surface area contributed by atoms with E-state index in [0.29, 0.717) is 11.1 Å². The van der Waals surface area contributed by atoms with Gasteiger partial charge in [-0.05, 0) is 36.2 Å². The first-order valence-electron chi connectivity index (χ1n) is 6.85. The van der Waals surface area contributed by atoms with Crippen LogP contribution < -0.4 is 5.32 Å². The number of nitrogens with zero attached hydrogens (tertiary/aromatic N) is 1. The molecule has 2 N–H and O–H groups in total. The maximum Gasteiger partial charge on any atom is 0.282 e. The average molecular weight is 318 g/mol. The second-order valence-corrected chi connectivity index (χ2v) is 5.06. The zero-order valence-corrected chi connectivity index (χ0v) is 12.3. The molecule has 120 valence electrons. The molecule has 0 saturated carbocycles. The fourth-order valence-corrected chi connectivity index (χ4v) is 2.11. The zero-order chi connectivity index (χ0) is 17.0. The van der Waals surface area contributed by atoms with Gasteiger partial charge in [0.2, 0.25) is 0 Å². The molecule has 0 spiro atoms. The van der Waals surface area contributed by atoms with Gasteiger partial charge in [0, 0.05) is 12.6 Å². The summed E-state index contributed by atoms with van der Waals surface area (Å²) >= 11 is 0. The summed E-state index contributed by atoms with van der Waals surface area (Å²) in [5.74, 6) is -1.17. The maximum absolute atomic E-state index is 13.1. The normalized spacial score (nSPS) is 11.8. The van der Waals surface area contributed by atoms with Gasteiger partial charge in [0.25, 0.3) is 11.6 Å². The number of nitrogens with one attached hydrogen (secondary N) is 1. The maximum atomic E-state index is 13.1. The van der Waals surface area contributed by atoms with Gasteiger partial charge in [0.15, 0.2) is 0 Å². The molecule has 0 bridgehead atoms. The number of nitro benzene ring substituents is 1. The van der Waals surface area contributed by atoms with Gasteiger partial charge < -0.3 is 10.4 Å². The van der Waals surface area contributed by atoms with Gasteiger partial charge in [-0.1, -0.05) is 18.2 Å². The molecule has 0 aliphatic rings. The predicted molar refractivity (Wildman–Crippen MR) is 81.5 cm³/mol. The van der Waals surface area contributed by atoms with Crippen LogP contribution in [0.15, 0.2) is 42.5 Å². The van der Waals surface area contributed by atoms with Gasteiger partial charge in [0.05, 0.1) is 11.0 Å². The number of hydrogen-bond acceptors (Lipinski definition) is 4. The molecule has 0 aromatic heterocycles. The second-order valence-electron chi connectivity index (χ2n) is 5.06. The third-order valence-corrected chi connectivity index (χ3v) is 3.28. The summed E-state index contributed by atoms with van der Waals surface area (Å²) in [6, 6.07) is 9.57. The molecule has 2 rings (SSSR count). The van der Waals surface area contributed by atoms with Gasteiger partial charge >= 0.3 is 0 Å². The second kappa shape index (κ2) is 6.97. The Hall–Kier alpha value is -2.80. The number of halogens is 1. The lowest BCUT2D eigenvalue weighted by atomic mass is 10.1. The first-order chi connectivity index (χ1) is 10.9. The van der Waals surface area contributed by atoms with E-state index < -0.39 is 22.8 Å². The monoisotopic (exact) mass is 318 g/mol. The van der Waals surface area contributed by atoms with Crippen molar-refractivity contribution in [2.45, 2.75) is 13.0 Å². The standard InChI is InChI=1S/C16H15FN2O4/c1-10-5-6-14(19(22)23)13(7-10)16(21)18-9-15(20)11-3-2-4-12(17)8-11/h2-8,15,20H,9H2,1H3,(H,18,21). The quantitative estimate of drug-likeness (QED) is 0.654. The van der Waals surface area contributed by atoms with Gasteiger partial charge in [0.1, 0.15) is 11.4 Å². The Bertz CT molecular complexity index is 749. The molecule has 0 aliphatic heterocycles. The van der Waals surface area contributed by atoms with Crippen LogP contribution in [0.2, 0.25) is 0 Å². The molecule has 1 amide bonds. The van der Waals surface area contributed by atoms with E-state index >= 15 is 0 Å². The van der Waals surface area contributed by atoms with Crippen LogP contribution in [-0.4, -0.2) is 22.5 Å². The predicted octanol–water partition coefficient (Wildman–Crippen LogP) is 2.51. The van der Waals surface area contributed by atoms with Crippen LogP contribution in [0, 0.1) is 22.9 Å².